The maximum Gasteiger partial charge on any atom is 0.416 e. The molecule has 1 aliphatic carbocycles. The summed E-state index contributed by atoms with van der Waals surface area (Å²) in [6.45, 7) is 0. The van der Waals surface area contributed by atoms with Crippen LogP contribution >= 0.6 is 15.9 Å². The molecule has 0 aromatic carbocycles. The van der Waals surface area contributed by atoms with Crippen LogP contribution in [0.5, 0.6) is 0 Å². The van der Waals surface area contributed by atoms with Crippen molar-refractivity contribution < 1.29 is 26.3 Å². The summed E-state index contributed by atoms with van der Waals surface area (Å²) in [5.41, 5.74) is -3.61. The van der Waals surface area contributed by atoms with E-state index in [0.29, 0.717) is 4.90 Å². The van der Waals surface area contributed by atoms with Crippen LogP contribution in [0.25, 0.3) is 0 Å². The predicted octanol–water partition coefficient (Wildman–Crippen LogP) is 2.70. The van der Waals surface area contributed by atoms with Crippen LogP contribution in [0.15, 0.2) is 0 Å². The van der Waals surface area contributed by atoms with Gasteiger partial charge in [-0.25, -0.2) is 0 Å². The van der Waals surface area contributed by atoms with Gasteiger partial charge in [0.05, 0.1) is 0 Å². The zero-order valence-electron chi connectivity index (χ0n) is 7.61. The van der Waals surface area contributed by atoms with Gasteiger partial charge < -0.3 is 0 Å². The molecule has 8 heteroatoms. The number of hydrogen-bond acceptors (Lipinski definition) is 1. The van der Waals surface area contributed by atoms with Crippen molar-refractivity contribution in [2.75, 3.05) is 0 Å². The second kappa shape index (κ2) is 2.55. The lowest BCUT2D eigenvalue weighted by atomic mass is 9.85. The summed E-state index contributed by atoms with van der Waals surface area (Å²) in [5, 5.41) is 0. The van der Waals surface area contributed by atoms with Crippen molar-refractivity contribution in [2.24, 2.45) is 5.92 Å². The number of nitrogens with zero attached hydrogens (tertiary/aromatic N) is 1. The van der Waals surface area contributed by atoms with Crippen LogP contribution in [0.2, 0.25) is 0 Å². The molecule has 4 fully saturated rings. The van der Waals surface area contributed by atoms with Crippen molar-refractivity contribution in [2.45, 2.75) is 41.2 Å². The fourth-order valence-corrected chi connectivity index (χ4v) is 4.72. The maximum absolute atomic E-state index is 12.9. The Balaban J connectivity index is 2.14. The van der Waals surface area contributed by atoms with Gasteiger partial charge in [-0.2, -0.15) is 26.3 Å². The molecule has 0 N–H and O–H groups in total. The van der Waals surface area contributed by atoms with Crippen molar-refractivity contribution in [3.8, 4) is 0 Å². The van der Waals surface area contributed by atoms with E-state index in [0.717, 1.165) is 0 Å². The predicted molar refractivity (Wildman–Crippen MR) is 45.1 cm³/mol. The highest BCUT2D eigenvalue weighted by Gasteiger charge is 2.92. The van der Waals surface area contributed by atoms with E-state index < -0.39 is 40.7 Å². The van der Waals surface area contributed by atoms with Gasteiger partial charge in [0, 0.05) is 22.8 Å². The van der Waals surface area contributed by atoms with E-state index in [2.05, 4.69) is 15.9 Å². The van der Waals surface area contributed by atoms with E-state index in [1.54, 1.807) is 0 Å². The third-order valence-corrected chi connectivity index (χ3v) is 5.18. The van der Waals surface area contributed by atoms with Crippen LogP contribution in [0.3, 0.4) is 0 Å². The summed E-state index contributed by atoms with van der Waals surface area (Å²) in [6, 6.07) is -1.13. The van der Waals surface area contributed by atoms with Gasteiger partial charge in [-0.3, -0.25) is 4.90 Å². The van der Waals surface area contributed by atoms with E-state index in [4.69, 9.17) is 0 Å². The lowest BCUT2D eigenvalue weighted by molar-refractivity contribution is -0.328. The molecule has 4 bridgehead atoms. The van der Waals surface area contributed by atoms with Gasteiger partial charge in [-0.05, 0) is 6.42 Å². The summed E-state index contributed by atoms with van der Waals surface area (Å²) < 4.78 is 77.1. The van der Waals surface area contributed by atoms with Gasteiger partial charge in [0.15, 0.2) is 0 Å². The minimum Gasteiger partial charge on any atom is -0.272 e. The number of hydrogen-bond donors (Lipinski definition) is 0. The Hall–Kier alpha value is 0.0200. The van der Waals surface area contributed by atoms with Crippen molar-refractivity contribution in [1.29, 1.82) is 0 Å². The van der Waals surface area contributed by atoms with Crippen molar-refractivity contribution in [1.82, 2.24) is 4.90 Å². The molecule has 0 radical (unpaired) electrons. The van der Waals surface area contributed by atoms with E-state index in [1.165, 1.54) is 0 Å². The Morgan fingerprint density at radius 2 is 1.56 bits per heavy atom. The molecular weight excluding hydrogens is 304 g/mol. The average Bonchev–Trinajstić information content (AvgIpc) is 2.43. The van der Waals surface area contributed by atoms with Crippen LogP contribution in [0.1, 0.15) is 6.42 Å². The Morgan fingerprint density at radius 1 is 1.06 bits per heavy atom. The standard InChI is InChI=1S/C8H6BrF6N/c9-4-2-1-3-5(4)16(3)6(2,7(10,11)12)8(13,14)15/h2-5H,1H2. The number of piperidine rings is 3. The molecule has 3 aliphatic heterocycles. The molecule has 4 aliphatic rings. The third kappa shape index (κ3) is 0.878. The summed E-state index contributed by atoms with van der Waals surface area (Å²) in [4.78, 5) is -0.0994. The van der Waals surface area contributed by atoms with Crippen LogP contribution in [-0.2, 0) is 0 Å². The minimum atomic E-state index is -5.26. The van der Waals surface area contributed by atoms with Gasteiger partial charge in [0.25, 0.3) is 0 Å². The van der Waals surface area contributed by atoms with E-state index in [9.17, 15) is 26.3 Å². The topological polar surface area (TPSA) is 3.01 Å². The molecule has 92 valence electrons. The van der Waals surface area contributed by atoms with Crippen LogP contribution in [0.4, 0.5) is 26.3 Å². The first kappa shape index (κ1) is 11.1. The van der Waals surface area contributed by atoms with Crippen molar-refractivity contribution >= 4 is 15.9 Å². The third-order valence-electron chi connectivity index (χ3n) is 4.00. The van der Waals surface area contributed by atoms with Gasteiger partial charge in [-0.1, -0.05) is 15.9 Å². The second-order valence-electron chi connectivity index (χ2n) is 4.51. The second-order valence-corrected chi connectivity index (χ2v) is 5.57. The average molecular weight is 310 g/mol. The van der Waals surface area contributed by atoms with Crippen molar-refractivity contribution in [3.63, 3.8) is 0 Å². The van der Waals surface area contributed by atoms with Crippen LogP contribution in [-0.4, -0.2) is 39.7 Å². The quantitative estimate of drug-likeness (QED) is 0.378. The summed E-state index contributed by atoms with van der Waals surface area (Å²) in [6.07, 6.45) is -10.5. The summed E-state index contributed by atoms with van der Waals surface area (Å²) in [5.74, 6) is -1.40. The minimum absolute atomic E-state index is 0.0143. The van der Waals surface area contributed by atoms with Crippen molar-refractivity contribution in [3.05, 3.63) is 0 Å². The first-order valence-corrected chi connectivity index (χ1v) is 5.61. The number of alkyl halides is 7. The normalized spacial score (nSPS) is 48.6. The molecule has 3 heterocycles. The zero-order valence-corrected chi connectivity index (χ0v) is 9.20. The first-order valence-electron chi connectivity index (χ1n) is 4.70. The van der Waals surface area contributed by atoms with Gasteiger partial charge in [-0.15, -0.1) is 0 Å². The summed E-state index contributed by atoms with van der Waals surface area (Å²) in [7, 11) is 0. The zero-order chi connectivity index (χ0) is 12.1. The Kier molecular flexibility index (Phi) is 1.77. The lowest BCUT2D eigenvalue weighted by Gasteiger charge is -2.37. The Bertz CT molecular complexity index is 335. The highest BCUT2D eigenvalue weighted by molar-refractivity contribution is 9.09. The molecule has 1 saturated carbocycles. The van der Waals surface area contributed by atoms with E-state index >= 15 is 0 Å². The molecule has 3 saturated heterocycles. The number of halogens is 7. The Morgan fingerprint density at radius 3 is 1.69 bits per heavy atom. The number of rotatable bonds is 0. The molecule has 4 rings (SSSR count). The molecule has 0 spiro atoms. The highest BCUT2D eigenvalue weighted by Crippen LogP contribution is 2.73. The molecule has 16 heavy (non-hydrogen) atoms. The SMILES string of the molecule is FC(F)(F)C1(C(F)(F)F)C2CC3C(C2Br)N31. The monoisotopic (exact) mass is 309 g/mol. The van der Waals surface area contributed by atoms with E-state index in [-0.39, 0.29) is 6.42 Å². The smallest absolute Gasteiger partial charge is 0.272 e. The lowest BCUT2D eigenvalue weighted by Crippen LogP contribution is -2.63. The highest BCUT2D eigenvalue weighted by atomic mass is 79.9. The van der Waals surface area contributed by atoms with E-state index in [1.807, 2.05) is 0 Å². The first-order chi connectivity index (χ1) is 7.14. The maximum atomic E-state index is 12.9. The molecule has 5 unspecified atom stereocenters. The fraction of sp³-hybridized carbons (Fsp3) is 1.00. The molecule has 0 aromatic rings. The Labute approximate surface area is 94.9 Å². The van der Waals surface area contributed by atoms with Gasteiger partial charge >= 0.3 is 12.4 Å². The van der Waals surface area contributed by atoms with Gasteiger partial charge in [0.1, 0.15) is 0 Å². The van der Waals surface area contributed by atoms with Gasteiger partial charge in [0.2, 0.25) is 5.54 Å². The summed E-state index contributed by atoms with van der Waals surface area (Å²) >= 11 is 2.97. The molecular formula is C8H6BrF6N. The molecule has 1 nitrogen and oxygen atoms in total. The molecule has 0 aromatic heterocycles. The fourth-order valence-electron chi connectivity index (χ4n) is 3.51. The van der Waals surface area contributed by atoms with Crippen LogP contribution < -0.4 is 0 Å². The molecule has 5 atom stereocenters. The molecule has 0 amide bonds. The van der Waals surface area contributed by atoms with Crippen LogP contribution in [0, 0.1) is 5.92 Å². The largest absolute Gasteiger partial charge is 0.416 e.